The second-order valence-corrected chi connectivity index (χ2v) is 5.07. The molecule has 1 aliphatic rings. The molecule has 0 saturated heterocycles. The standard InChI is InChI=1S/C11H19N3O/c1-4-8-13-9(14-15-8)11(12)7-5-6-10(11,2)3/h4-7,12H2,1-3H3. The van der Waals surface area contributed by atoms with Gasteiger partial charge >= 0.3 is 0 Å². The number of nitrogens with two attached hydrogens (primary N) is 1. The number of hydrogen-bond acceptors (Lipinski definition) is 4. The normalized spacial score (nSPS) is 29.6. The summed E-state index contributed by atoms with van der Waals surface area (Å²) in [6.07, 6.45) is 3.98. The lowest BCUT2D eigenvalue weighted by molar-refractivity contribution is 0.192. The smallest absolute Gasteiger partial charge is 0.226 e. The van der Waals surface area contributed by atoms with Crippen LogP contribution < -0.4 is 5.73 Å². The van der Waals surface area contributed by atoms with Crippen molar-refractivity contribution in [3.05, 3.63) is 11.7 Å². The van der Waals surface area contributed by atoms with Crippen molar-refractivity contribution in [1.29, 1.82) is 0 Å². The molecule has 0 aliphatic heterocycles. The molecule has 1 fully saturated rings. The Balaban J connectivity index is 2.36. The highest BCUT2D eigenvalue weighted by Gasteiger charge is 2.50. The Morgan fingerprint density at radius 1 is 1.40 bits per heavy atom. The van der Waals surface area contributed by atoms with E-state index in [0.29, 0.717) is 11.7 Å². The van der Waals surface area contributed by atoms with E-state index in [0.717, 1.165) is 25.7 Å². The number of aromatic nitrogens is 2. The van der Waals surface area contributed by atoms with Gasteiger partial charge in [0.25, 0.3) is 0 Å². The molecule has 0 aromatic carbocycles. The average Bonchev–Trinajstić information content (AvgIpc) is 2.73. The summed E-state index contributed by atoms with van der Waals surface area (Å²) in [5, 5.41) is 4.03. The van der Waals surface area contributed by atoms with Crippen LogP contribution in [0.1, 0.15) is 51.7 Å². The lowest BCUT2D eigenvalue weighted by Gasteiger charge is -2.35. The summed E-state index contributed by atoms with van der Waals surface area (Å²) >= 11 is 0. The highest BCUT2D eigenvalue weighted by molar-refractivity contribution is 5.13. The fourth-order valence-electron chi connectivity index (χ4n) is 2.36. The number of rotatable bonds is 2. The first kappa shape index (κ1) is 10.6. The van der Waals surface area contributed by atoms with Crippen molar-refractivity contribution in [2.24, 2.45) is 11.1 Å². The third-order valence-corrected chi connectivity index (χ3v) is 3.75. The maximum atomic E-state index is 6.44. The third kappa shape index (κ3) is 1.47. The Kier molecular flexibility index (Phi) is 2.34. The van der Waals surface area contributed by atoms with E-state index in [-0.39, 0.29) is 5.41 Å². The molecule has 1 heterocycles. The van der Waals surface area contributed by atoms with E-state index in [1.54, 1.807) is 0 Å². The van der Waals surface area contributed by atoms with Gasteiger partial charge in [0.15, 0.2) is 5.82 Å². The lowest BCUT2D eigenvalue weighted by atomic mass is 9.75. The number of aryl methyl sites for hydroxylation is 1. The molecule has 1 aliphatic carbocycles. The molecule has 0 spiro atoms. The lowest BCUT2D eigenvalue weighted by Crippen LogP contribution is -2.46. The van der Waals surface area contributed by atoms with Gasteiger partial charge in [-0.15, -0.1) is 0 Å². The molecule has 0 amide bonds. The van der Waals surface area contributed by atoms with E-state index in [4.69, 9.17) is 10.3 Å². The summed E-state index contributed by atoms with van der Waals surface area (Å²) in [5.41, 5.74) is 6.09. The van der Waals surface area contributed by atoms with Crippen molar-refractivity contribution in [2.45, 2.75) is 52.0 Å². The van der Waals surface area contributed by atoms with Crippen molar-refractivity contribution < 1.29 is 4.52 Å². The van der Waals surface area contributed by atoms with Gasteiger partial charge in [0.05, 0.1) is 5.54 Å². The van der Waals surface area contributed by atoms with Gasteiger partial charge in [-0.3, -0.25) is 0 Å². The molecule has 1 saturated carbocycles. The van der Waals surface area contributed by atoms with Crippen molar-refractivity contribution in [3.63, 3.8) is 0 Å². The Morgan fingerprint density at radius 2 is 2.13 bits per heavy atom. The van der Waals surface area contributed by atoms with E-state index >= 15 is 0 Å². The fourth-order valence-corrected chi connectivity index (χ4v) is 2.36. The monoisotopic (exact) mass is 209 g/mol. The second-order valence-electron chi connectivity index (χ2n) is 5.07. The minimum absolute atomic E-state index is 0.0574. The second kappa shape index (κ2) is 3.30. The summed E-state index contributed by atoms with van der Waals surface area (Å²) in [6, 6.07) is 0. The first-order valence-corrected chi connectivity index (χ1v) is 5.61. The van der Waals surface area contributed by atoms with Crippen LogP contribution in [0.25, 0.3) is 0 Å². The van der Waals surface area contributed by atoms with E-state index in [1.165, 1.54) is 0 Å². The molecule has 1 aromatic heterocycles. The predicted octanol–water partition coefficient (Wildman–Crippen LogP) is 2.00. The van der Waals surface area contributed by atoms with E-state index in [1.807, 2.05) is 6.92 Å². The zero-order chi connectivity index (χ0) is 11.1. The van der Waals surface area contributed by atoms with Crippen LogP contribution in [0, 0.1) is 5.41 Å². The minimum Gasteiger partial charge on any atom is -0.339 e. The Hall–Kier alpha value is -0.900. The molecule has 84 valence electrons. The SMILES string of the molecule is CCc1nc(C2(N)CCCC2(C)C)no1. The zero-order valence-electron chi connectivity index (χ0n) is 9.71. The highest BCUT2D eigenvalue weighted by atomic mass is 16.5. The van der Waals surface area contributed by atoms with Crippen molar-refractivity contribution >= 4 is 0 Å². The summed E-state index contributed by atoms with van der Waals surface area (Å²) in [7, 11) is 0. The summed E-state index contributed by atoms with van der Waals surface area (Å²) in [5.74, 6) is 1.36. The molecular formula is C11H19N3O. The maximum absolute atomic E-state index is 6.44. The largest absolute Gasteiger partial charge is 0.339 e. The Labute approximate surface area is 90.2 Å². The molecular weight excluding hydrogens is 190 g/mol. The molecule has 2 N–H and O–H groups in total. The molecule has 15 heavy (non-hydrogen) atoms. The van der Waals surface area contributed by atoms with Crippen molar-refractivity contribution in [3.8, 4) is 0 Å². The van der Waals surface area contributed by atoms with Crippen LogP contribution in [0.3, 0.4) is 0 Å². The molecule has 0 bridgehead atoms. The molecule has 1 aromatic rings. The van der Waals surface area contributed by atoms with Crippen LogP contribution in [0.4, 0.5) is 0 Å². The van der Waals surface area contributed by atoms with Gasteiger partial charge in [-0.1, -0.05) is 32.3 Å². The zero-order valence-corrected chi connectivity index (χ0v) is 9.71. The van der Waals surface area contributed by atoms with Gasteiger partial charge in [0.2, 0.25) is 5.89 Å². The van der Waals surface area contributed by atoms with Gasteiger partial charge in [-0.05, 0) is 18.3 Å². The van der Waals surface area contributed by atoms with Crippen molar-refractivity contribution in [2.75, 3.05) is 0 Å². The molecule has 1 atom stereocenters. The fraction of sp³-hybridized carbons (Fsp3) is 0.818. The van der Waals surface area contributed by atoms with Crippen LogP contribution in [-0.2, 0) is 12.0 Å². The molecule has 4 heteroatoms. The van der Waals surface area contributed by atoms with Crippen LogP contribution >= 0.6 is 0 Å². The summed E-state index contributed by atoms with van der Waals surface area (Å²) < 4.78 is 5.14. The Bertz CT molecular complexity index is 358. The van der Waals surface area contributed by atoms with Crippen LogP contribution in [-0.4, -0.2) is 10.1 Å². The number of hydrogen-bond donors (Lipinski definition) is 1. The van der Waals surface area contributed by atoms with Gasteiger partial charge in [-0.25, -0.2) is 0 Å². The van der Waals surface area contributed by atoms with Crippen LogP contribution in [0.5, 0.6) is 0 Å². The highest BCUT2D eigenvalue weighted by Crippen LogP contribution is 2.49. The summed E-state index contributed by atoms with van der Waals surface area (Å²) in [6.45, 7) is 6.37. The van der Waals surface area contributed by atoms with Gasteiger partial charge < -0.3 is 10.3 Å². The minimum atomic E-state index is -0.413. The first-order chi connectivity index (χ1) is 6.99. The van der Waals surface area contributed by atoms with Crippen LogP contribution in [0.2, 0.25) is 0 Å². The topological polar surface area (TPSA) is 64.9 Å². The molecule has 0 radical (unpaired) electrons. The summed E-state index contributed by atoms with van der Waals surface area (Å²) in [4.78, 5) is 4.38. The average molecular weight is 209 g/mol. The van der Waals surface area contributed by atoms with Crippen LogP contribution in [0.15, 0.2) is 4.52 Å². The maximum Gasteiger partial charge on any atom is 0.226 e. The predicted molar refractivity (Wildman–Crippen MR) is 57.2 cm³/mol. The molecule has 1 unspecified atom stereocenters. The quantitative estimate of drug-likeness (QED) is 0.809. The van der Waals surface area contributed by atoms with E-state index in [2.05, 4.69) is 24.0 Å². The van der Waals surface area contributed by atoms with E-state index < -0.39 is 5.54 Å². The van der Waals surface area contributed by atoms with Crippen molar-refractivity contribution in [1.82, 2.24) is 10.1 Å². The molecule has 2 rings (SSSR count). The first-order valence-electron chi connectivity index (χ1n) is 5.61. The van der Waals surface area contributed by atoms with E-state index in [9.17, 15) is 0 Å². The Morgan fingerprint density at radius 3 is 2.60 bits per heavy atom. The third-order valence-electron chi connectivity index (χ3n) is 3.75. The van der Waals surface area contributed by atoms with Gasteiger partial charge in [-0.2, -0.15) is 4.98 Å². The van der Waals surface area contributed by atoms with Gasteiger partial charge in [0.1, 0.15) is 0 Å². The number of nitrogens with zero attached hydrogens (tertiary/aromatic N) is 2. The molecule has 4 nitrogen and oxygen atoms in total. The van der Waals surface area contributed by atoms with Gasteiger partial charge in [0, 0.05) is 6.42 Å².